The second-order valence-corrected chi connectivity index (χ2v) is 7.81. The molecule has 1 aliphatic heterocycles. The highest BCUT2D eigenvalue weighted by Crippen LogP contribution is 2.25. The molecular formula is C13H24BrNOS. The zero-order valence-electron chi connectivity index (χ0n) is 10.9. The first-order valence-corrected chi connectivity index (χ1v) is 8.63. The van der Waals surface area contributed by atoms with Gasteiger partial charge in [-0.2, -0.15) is 11.8 Å². The summed E-state index contributed by atoms with van der Waals surface area (Å²) in [4.78, 5) is 12.2. The molecule has 1 atom stereocenters. The van der Waals surface area contributed by atoms with Crippen LogP contribution in [-0.4, -0.2) is 28.8 Å². The van der Waals surface area contributed by atoms with E-state index in [0.717, 1.165) is 19.4 Å². The van der Waals surface area contributed by atoms with E-state index in [0.29, 0.717) is 16.7 Å². The lowest BCUT2D eigenvalue weighted by Gasteiger charge is -2.21. The largest absolute Gasteiger partial charge is 0.355 e. The molecule has 1 unspecified atom stereocenters. The van der Waals surface area contributed by atoms with Crippen molar-refractivity contribution in [2.75, 3.05) is 18.1 Å². The summed E-state index contributed by atoms with van der Waals surface area (Å²) in [6.45, 7) is 5.17. The fourth-order valence-electron chi connectivity index (χ4n) is 2.10. The van der Waals surface area contributed by atoms with Gasteiger partial charge in [0, 0.05) is 17.8 Å². The van der Waals surface area contributed by atoms with Crippen LogP contribution in [0.1, 0.15) is 39.5 Å². The third kappa shape index (κ3) is 7.35. The average Bonchev–Trinajstić information content (AvgIpc) is 2.27. The van der Waals surface area contributed by atoms with Gasteiger partial charge in [0.25, 0.3) is 0 Å². The Morgan fingerprint density at radius 3 is 2.65 bits per heavy atom. The molecular weight excluding hydrogens is 298 g/mol. The van der Waals surface area contributed by atoms with Crippen molar-refractivity contribution in [3.05, 3.63) is 0 Å². The van der Waals surface area contributed by atoms with Crippen LogP contribution in [0.15, 0.2) is 0 Å². The highest BCUT2D eigenvalue weighted by molar-refractivity contribution is 9.09. The molecule has 1 saturated heterocycles. The van der Waals surface area contributed by atoms with Crippen LogP contribution in [-0.2, 0) is 4.79 Å². The van der Waals surface area contributed by atoms with Crippen molar-refractivity contribution in [2.45, 2.75) is 44.4 Å². The summed E-state index contributed by atoms with van der Waals surface area (Å²) in [5, 5.41) is 3.04. The lowest BCUT2D eigenvalue weighted by Crippen LogP contribution is -2.32. The quantitative estimate of drug-likeness (QED) is 0.759. The number of hydrogen-bond acceptors (Lipinski definition) is 2. The average molecular weight is 322 g/mol. The van der Waals surface area contributed by atoms with E-state index in [1.54, 1.807) is 0 Å². The molecule has 0 spiro atoms. The topological polar surface area (TPSA) is 29.1 Å². The normalized spacial score (nSPS) is 19.3. The maximum Gasteiger partial charge on any atom is 0.220 e. The molecule has 100 valence electrons. The number of thioether (sulfide) groups is 1. The molecule has 0 aromatic heterocycles. The zero-order chi connectivity index (χ0) is 12.7. The predicted molar refractivity (Wildman–Crippen MR) is 79.8 cm³/mol. The number of hydrogen-bond donors (Lipinski definition) is 1. The summed E-state index contributed by atoms with van der Waals surface area (Å²) >= 11 is 5.63. The summed E-state index contributed by atoms with van der Waals surface area (Å²) in [7, 11) is 0. The lowest BCUT2D eigenvalue weighted by atomic mass is 9.98. The van der Waals surface area contributed by atoms with E-state index < -0.39 is 0 Å². The van der Waals surface area contributed by atoms with E-state index >= 15 is 0 Å². The first-order chi connectivity index (χ1) is 8.08. The minimum atomic E-state index is 0.232. The van der Waals surface area contributed by atoms with Gasteiger partial charge < -0.3 is 5.32 Å². The third-order valence-corrected chi connectivity index (χ3v) is 4.81. The van der Waals surface area contributed by atoms with Crippen LogP contribution in [0.3, 0.4) is 0 Å². The molecule has 0 aliphatic carbocycles. The van der Waals surface area contributed by atoms with Crippen LogP contribution < -0.4 is 5.32 Å². The van der Waals surface area contributed by atoms with Crippen LogP contribution in [0.25, 0.3) is 0 Å². The van der Waals surface area contributed by atoms with Crippen molar-refractivity contribution in [2.24, 2.45) is 11.8 Å². The molecule has 1 N–H and O–H groups in total. The molecule has 0 bridgehead atoms. The van der Waals surface area contributed by atoms with Crippen molar-refractivity contribution >= 4 is 33.6 Å². The maximum atomic E-state index is 11.8. The molecule has 2 nitrogen and oxygen atoms in total. The number of nitrogens with one attached hydrogen (secondary N) is 1. The monoisotopic (exact) mass is 321 g/mol. The summed E-state index contributed by atoms with van der Waals surface area (Å²) in [5.41, 5.74) is 0. The number of alkyl halides is 1. The molecule has 17 heavy (non-hydrogen) atoms. The van der Waals surface area contributed by atoms with Gasteiger partial charge in [-0.15, -0.1) is 0 Å². The third-order valence-electron chi connectivity index (χ3n) is 3.06. The Balaban J connectivity index is 2.11. The van der Waals surface area contributed by atoms with Gasteiger partial charge in [-0.1, -0.05) is 29.8 Å². The van der Waals surface area contributed by atoms with Crippen molar-refractivity contribution in [3.63, 3.8) is 0 Å². The van der Waals surface area contributed by atoms with Gasteiger partial charge in [-0.05, 0) is 42.6 Å². The van der Waals surface area contributed by atoms with Crippen LogP contribution >= 0.6 is 27.7 Å². The van der Waals surface area contributed by atoms with Crippen molar-refractivity contribution in [3.8, 4) is 0 Å². The Morgan fingerprint density at radius 1 is 1.41 bits per heavy atom. The molecule has 0 aromatic carbocycles. The molecule has 4 heteroatoms. The number of halogens is 1. The molecule has 1 heterocycles. The molecule has 0 saturated carbocycles. The van der Waals surface area contributed by atoms with E-state index in [9.17, 15) is 4.79 Å². The SMILES string of the molecule is CC(C)CC(Br)CNC(=O)CC1CCSCC1. The van der Waals surface area contributed by atoms with Crippen molar-refractivity contribution < 1.29 is 4.79 Å². The zero-order valence-corrected chi connectivity index (χ0v) is 13.3. The highest BCUT2D eigenvalue weighted by atomic mass is 79.9. The Morgan fingerprint density at radius 2 is 2.06 bits per heavy atom. The van der Waals surface area contributed by atoms with E-state index in [2.05, 4.69) is 35.1 Å². The number of carbonyl (C=O) groups excluding carboxylic acids is 1. The Hall–Kier alpha value is 0.300. The standard InChI is InChI=1S/C13H24BrNOS/c1-10(2)7-12(14)9-15-13(16)8-11-3-5-17-6-4-11/h10-12H,3-9H2,1-2H3,(H,15,16). The molecule has 1 aliphatic rings. The summed E-state index contributed by atoms with van der Waals surface area (Å²) in [6.07, 6.45) is 4.26. The second-order valence-electron chi connectivity index (χ2n) is 5.29. The van der Waals surface area contributed by atoms with Crippen LogP contribution in [0, 0.1) is 11.8 Å². The van der Waals surface area contributed by atoms with Gasteiger partial charge in [-0.3, -0.25) is 4.79 Å². The van der Waals surface area contributed by atoms with Gasteiger partial charge in [0.15, 0.2) is 0 Å². The minimum absolute atomic E-state index is 0.232. The van der Waals surface area contributed by atoms with Crippen molar-refractivity contribution in [1.82, 2.24) is 5.32 Å². The summed E-state index contributed by atoms with van der Waals surface area (Å²) < 4.78 is 0. The number of carbonyl (C=O) groups is 1. The first kappa shape index (κ1) is 15.4. The Labute approximate surface area is 118 Å². The van der Waals surface area contributed by atoms with E-state index in [1.165, 1.54) is 24.3 Å². The number of rotatable bonds is 6. The van der Waals surface area contributed by atoms with E-state index in [-0.39, 0.29) is 5.91 Å². The van der Waals surface area contributed by atoms with E-state index in [4.69, 9.17) is 0 Å². The summed E-state index contributed by atoms with van der Waals surface area (Å²) in [6, 6.07) is 0. The number of amides is 1. The van der Waals surface area contributed by atoms with Gasteiger partial charge in [0.1, 0.15) is 0 Å². The second kappa shape index (κ2) is 8.41. The van der Waals surface area contributed by atoms with Gasteiger partial charge in [0.05, 0.1) is 0 Å². The van der Waals surface area contributed by atoms with Crippen LogP contribution in [0.2, 0.25) is 0 Å². The van der Waals surface area contributed by atoms with Gasteiger partial charge >= 0.3 is 0 Å². The molecule has 0 radical (unpaired) electrons. The van der Waals surface area contributed by atoms with E-state index in [1.807, 2.05) is 11.8 Å². The van der Waals surface area contributed by atoms with Crippen LogP contribution in [0.4, 0.5) is 0 Å². The lowest BCUT2D eigenvalue weighted by molar-refractivity contribution is -0.122. The summed E-state index contributed by atoms with van der Waals surface area (Å²) in [5.74, 6) is 3.98. The predicted octanol–water partition coefficient (Wildman–Crippen LogP) is 3.45. The van der Waals surface area contributed by atoms with Crippen molar-refractivity contribution in [1.29, 1.82) is 0 Å². The molecule has 1 fully saturated rings. The van der Waals surface area contributed by atoms with Crippen LogP contribution in [0.5, 0.6) is 0 Å². The Kier molecular flexibility index (Phi) is 7.60. The first-order valence-electron chi connectivity index (χ1n) is 6.56. The minimum Gasteiger partial charge on any atom is -0.355 e. The smallest absolute Gasteiger partial charge is 0.220 e. The molecule has 1 rings (SSSR count). The molecule has 1 amide bonds. The Bertz CT molecular complexity index is 229. The van der Waals surface area contributed by atoms with Gasteiger partial charge in [0.2, 0.25) is 5.91 Å². The molecule has 0 aromatic rings. The highest BCUT2D eigenvalue weighted by Gasteiger charge is 2.17. The maximum absolute atomic E-state index is 11.8. The van der Waals surface area contributed by atoms with Gasteiger partial charge in [-0.25, -0.2) is 0 Å². The fraction of sp³-hybridized carbons (Fsp3) is 0.923. The fourth-order valence-corrected chi connectivity index (χ4v) is 4.22.